The molecule has 1 aliphatic rings. The molecule has 0 aliphatic heterocycles. The van der Waals surface area contributed by atoms with E-state index in [1.165, 1.54) is 6.07 Å². The Morgan fingerprint density at radius 3 is 2.67 bits per heavy atom. The monoisotopic (exact) mass is 209 g/mol. The van der Waals surface area contributed by atoms with Gasteiger partial charge in [-0.25, -0.2) is 4.39 Å². The maximum absolute atomic E-state index is 13.3. The van der Waals surface area contributed by atoms with E-state index < -0.39 is 0 Å². The van der Waals surface area contributed by atoms with Gasteiger partial charge in [0, 0.05) is 0 Å². The van der Waals surface area contributed by atoms with Crippen molar-refractivity contribution in [2.24, 2.45) is 0 Å². The van der Waals surface area contributed by atoms with E-state index in [4.69, 9.17) is 0 Å². The van der Waals surface area contributed by atoms with Crippen LogP contribution in [0.3, 0.4) is 0 Å². The Morgan fingerprint density at radius 2 is 1.93 bits per heavy atom. The maximum Gasteiger partial charge on any atom is 0.146 e. The van der Waals surface area contributed by atoms with Gasteiger partial charge in [-0.15, -0.1) is 0 Å². The molecule has 1 fully saturated rings. The van der Waals surface area contributed by atoms with E-state index in [0.29, 0.717) is 5.69 Å². The molecular weight excluding hydrogens is 193 g/mol. The second-order valence-corrected chi connectivity index (χ2v) is 4.08. The average Bonchev–Trinajstić information content (AvgIpc) is 2.24. The number of para-hydroxylation sites is 1. The number of aliphatic hydroxyl groups is 1. The number of halogens is 1. The van der Waals surface area contributed by atoms with Gasteiger partial charge < -0.3 is 10.4 Å². The molecule has 0 spiro atoms. The number of aliphatic hydroxyl groups excluding tert-OH is 1. The van der Waals surface area contributed by atoms with Crippen molar-refractivity contribution in [2.45, 2.75) is 37.8 Å². The SMILES string of the molecule is O[C@H]1CCCC[C@H]1Nc1ccccc1F. The first kappa shape index (κ1) is 10.4. The summed E-state index contributed by atoms with van der Waals surface area (Å²) in [5, 5.41) is 12.8. The first-order chi connectivity index (χ1) is 7.27. The van der Waals surface area contributed by atoms with Gasteiger partial charge in [-0.3, -0.25) is 0 Å². The summed E-state index contributed by atoms with van der Waals surface area (Å²) in [4.78, 5) is 0. The van der Waals surface area contributed by atoms with Crippen LogP contribution in [-0.4, -0.2) is 17.3 Å². The van der Waals surface area contributed by atoms with Crippen LogP contribution in [0.4, 0.5) is 10.1 Å². The topological polar surface area (TPSA) is 32.3 Å². The predicted octanol–water partition coefficient (Wildman–Crippen LogP) is 2.54. The van der Waals surface area contributed by atoms with E-state index in [-0.39, 0.29) is 18.0 Å². The highest BCUT2D eigenvalue weighted by Gasteiger charge is 2.23. The molecule has 0 bridgehead atoms. The quantitative estimate of drug-likeness (QED) is 0.784. The van der Waals surface area contributed by atoms with Gasteiger partial charge in [0.2, 0.25) is 0 Å². The number of hydrogen-bond acceptors (Lipinski definition) is 2. The average molecular weight is 209 g/mol. The summed E-state index contributed by atoms with van der Waals surface area (Å²) in [6.45, 7) is 0. The van der Waals surface area contributed by atoms with Crippen LogP contribution < -0.4 is 5.32 Å². The van der Waals surface area contributed by atoms with Crippen LogP contribution in [0.25, 0.3) is 0 Å². The van der Waals surface area contributed by atoms with Gasteiger partial charge in [0.1, 0.15) is 5.82 Å². The van der Waals surface area contributed by atoms with Crippen LogP contribution in [0.2, 0.25) is 0 Å². The molecule has 2 N–H and O–H groups in total. The number of benzene rings is 1. The molecular formula is C12H16FNO. The minimum Gasteiger partial charge on any atom is -0.391 e. The molecule has 2 atom stereocenters. The van der Waals surface area contributed by atoms with Crippen LogP contribution >= 0.6 is 0 Å². The zero-order valence-corrected chi connectivity index (χ0v) is 8.62. The predicted molar refractivity (Wildman–Crippen MR) is 58.3 cm³/mol. The van der Waals surface area contributed by atoms with Crippen LogP contribution in [0.1, 0.15) is 25.7 Å². The van der Waals surface area contributed by atoms with Crippen molar-refractivity contribution in [2.75, 3.05) is 5.32 Å². The smallest absolute Gasteiger partial charge is 0.146 e. The lowest BCUT2D eigenvalue weighted by Crippen LogP contribution is -2.36. The Morgan fingerprint density at radius 1 is 1.20 bits per heavy atom. The largest absolute Gasteiger partial charge is 0.391 e. The molecule has 1 aromatic carbocycles. The van der Waals surface area contributed by atoms with Crippen molar-refractivity contribution in [3.8, 4) is 0 Å². The number of anilines is 1. The van der Waals surface area contributed by atoms with Gasteiger partial charge in [-0.05, 0) is 25.0 Å². The minimum atomic E-state index is -0.349. The molecule has 0 aromatic heterocycles. The Kier molecular flexibility index (Phi) is 3.21. The summed E-state index contributed by atoms with van der Waals surface area (Å²) >= 11 is 0. The Balaban J connectivity index is 2.04. The van der Waals surface area contributed by atoms with Crippen molar-refractivity contribution in [1.29, 1.82) is 0 Å². The third kappa shape index (κ3) is 2.48. The van der Waals surface area contributed by atoms with Crippen LogP contribution in [0.15, 0.2) is 24.3 Å². The highest BCUT2D eigenvalue weighted by Crippen LogP contribution is 2.23. The normalized spacial score (nSPS) is 26.3. The van der Waals surface area contributed by atoms with E-state index in [1.54, 1.807) is 18.2 Å². The zero-order chi connectivity index (χ0) is 10.7. The molecule has 1 aliphatic carbocycles. The van der Waals surface area contributed by atoms with Crippen molar-refractivity contribution < 1.29 is 9.50 Å². The lowest BCUT2D eigenvalue weighted by molar-refractivity contribution is 0.116. The summed E-state index contributed by atoms with van der Waals surface area (Å²) in [6.07, 6.45) is 3.54. The van der Waals surface area contributed by atoms with Crippen LogP contribution in [0.5, 0.6) is 0 Å². The second-order valence-electron chi connectivity index (χ2n) is 4.08. The van der Waals surface area contributed by atoms with Gasteiger partial charge in [0.25, 0.3) is 0 Å². The first-order valence-corrected chi connectivity index (χ1v) is 5.46. The summed E-state index contributed by atoms with van der Waals surface area (Å²) in [5.41, 5.74) is 0.489. The van der Waals surface area contributed by atoms with Gasteiger partial charge in [-0.1, -0.05) is 25.0 Å². The molecule has 82 valence electrons. The Labute approximate surface area is 89.1 Å². The molecule has 0 saturated heterocycles. The minimum absolute atomic E-state index is 0.00403. The second kappa shape index (κ2) is 4.62. The lowest BCUT2D eigenvalue weighted by atomic mass is 9.92. The van der Waals surface area contributed by atoms with Gasteiger partial charge >= 0.3 is 0 Å². The van der Waals surface area contributed by atoms with Gasteiger partial charge in [0.15, 0.2) is 0 Å². The Bertz CT molecular complexity index is 329. The molecule has 2 rings (SSSR count). The van der Waals surface area contributed by atoms with Crippen LogP contribution in [0, 0.1) is 5.82 Å². The third-order valence-electron chi connectivity index (χ3n) is 2.94. The highest BCUT2D eigenvalue weighted by atomic mass is 19.1. The highest BCUT2D eigenvalue weighted by molar-refractivity contribution is 5.45. The Hall–Kier alpha value is -1.09. The molecule has 0 unspecified atom stereocenters. The summed E-state index contributed by atoms with van der Waals surface area (Å²) in [7, 11) is 0. The van der Waals surface area contributed by atoms with E-state index in [9.17, 15) is 9.50 Å². The summed E-state index contributed by atoms with van der Waals surface area (Å²) in [6, 6.07) is 6.59. The maximum atomic E-state index is 13.3. The molecule has 0 heterocycles. The molecule has 3 heteroatoms. The fourth-order valence-corrected chi connectivity index (χ4v) is 2.06. The fraction of sp³-hybridized carbons (Fsp3) is 0.500. The number of hydrogen-bond donors (Lipinski definition) is 2. The van der Waals surface area contributed by atoms with Gasteiger partial charge in [-0.2, -0.15) is 0 Å². The number of nitrogens with one attached hydrogen (secondary N) is 1. The van der Waals surface area contributed by atoms with E-state index in [0.717, 1.165) is 25.7 Å². The van der Waals surface area contributed by atoms with Crippen molar-refractivity contribution in [1.82, 2.24) is 0 Å². The van der Waals surface area contributed by atoms with Crippen LogP contribution in [-0.2, 0) is 0 Å². The molecule has 2 nitrogen and oxygen atoms in total. The van der Waals surface area contributed by atoms with Crippen molar-refractivity contribution >= 4 is 5.69 Å². The zero-order valence-electron chi connectivity index (χ0n) is 8.62. The molecule has 0 radical (unpaired) electrons. The number of rotatable bonds is 2. The standard InChI is InChI=1S/C12H16FNO/c13-9-5-1-2-6-10(9)14-11-7-3-4-8-12(11)15/h1-2,5-6,11-12,14-15H,3-4,7-8H2/t11-,12+/m1/s1. The van der Waals surface area contributed by atoms with Crippen molar-refractivity contribution in [3.05, 3.63) is 30.1 Å². The van der Waals surface area contributed by atoms with E-state index in [2.05, 4.69) is 5.32 Å². The first-order valence-electron chi connectivity index (χ1n) is 5.46. The fourth-order valence-electron chi connectivity index (χ4n) is 2.06. The van der Waals surface area contributed by atoms with E-state index in [1.807, 2.05) is 0 Å². The molecule has 1 saturated carbocycles. The molecule has 1 aromatic rings. The third-order valence-corrected chi connectivity index (χ3v) is 2.94. The molecule has 15 heavy (non-hydrogen) atoms. The van der Waals surface area contributed by atoms with Gasteiger partial charge in [0.05, 0.1) is 17.8 Å². The van der Waals surface area contributed by atoms with E-state index >= 15 is 0 Å². The molecule has 0 amide bonds. The summed E-state index contributed by atoms with van der Waals surface area (Å²) < 4.78 is 13.3. The lowest BCUT2D eigenvalue weighted by Gasteiger charge is -2.29. The summed E-state index contributed by atoms with van der Waals surface area (Å²) in [5.74, 6) is -0.254. The van der Waals surface area contributed by atoms with Crippen molar-refractivity contribution in [3.63, 3.8) is 0 Å².